The van der Waals surface area contributed by atoms with Crippen LogP contribution in [0.5, 0.6) is 0 Å². The Hall–Kier alpha value is -3.99. The van der Waals surface area contributed by atoms with E-state index in [-0.39, 0.29) is 6.04 Å². The summed E-state index contributed by atoms with van der Waals surface area (Å²) >= 11 is 0. The van der Waals surface area contributed by atoms with Gasteiger partial charge in [-0.25, -0.2) is 9.97 Å². The maximum Gasteiger partial charge on any atom is 0.225 e. The van der Waals surface area contributed by atoms with Crippen LogP contribution in [0.4, 0.5) is 5.95 Å². The van der Waals surface area contributed by atoms with E-state index in [9.17, 15) is 0 Å². The van der Waals surface area contributed by atoms with Gasteiger partial charge in [0.15, 0.2) is 0 Å². The van der Waals surface area contributed by atoms with E-state index in [4.69, 9.17) is 4.98 Å². The van der Waals surface area contributed by atoms with Crippen molar-refractivity contribution in [2.75, 3.05) is 5.32 Å². The minimum atomic E-state index is 0.101. The summed E-state index contributed by atoms with van der Waals surface area (Å²) in [6, 6.07) is 27.1. The van der Waals surface area contributed by atoms with Gasteiger partial charge in [0.2, 0.25) is 5.95 Å². The van der Waals surface area contributed by atoms with Gasteiger partial charge in [0, 0.05) is 6.20 Å². The Kier molecular flexibility index (Phi) is 4.92. The van der Waals surface area contributed by atoms with Crippen molar-refractivity contribution >= 4 is 17.0 Å². The summed E-state index contributed by atoms with van der Waals surface area (Å²) in [5.74, 6) is 1.37. The van der Waals surface area contributed by atoms with E-state index >= 15 is 0 Å². The Morgan fingerprint density at radius 3 is 2.52 bits per heavy atom. The molecule has 0 spiro atoms. The molecule has 152 valence electrons. The second-order valence-corrected chi connectivity index (χ2v) is 7.65. The first-order valence-electron chi connectivity index (χ1n) is 10.4. The number of anilines is 1. The highest BCUT2D eigenvalue weighted by molar-refractivity contribution is 5.84. The lowest BCUT2D eigenvalue weighted by Crippen LogP contribution is -2.10. The van der Waals surface area contributed by atoms with E-state index in [0.717, 1.165) is 22.4 Å². The molecular formula is C26H23N5. The fraction of sp³-hybridized carbons (Fsp3) is 0.115. The Morgan fingerprint density at radius 1 is 0.871 bits per heavy atom. The third-order valence-corrected chi connectivity index (χ3v) is 5.54. The summed E-state index contributed by atoms with van der Waals surface area (Å²) < 4.78 is 2.01. The number of imidazole rings is 1. The Morgan fingerprint density at radius 2 is 1.68 bits per heavy atom. The predicted molar refractivity (Wildman–Crippen MR) is 125 cm³/mol. The molecule has 2 aromatic heterocycles. The van der Waals surface area contributed by atoms with Crippen LogP contribution in [-0.2, 0) is 0 Å². The number of aromatic nitrogens is 4. The van der Waals surface area contributed by atoms with E-state index in [1.807, 2.05) is 35.2 Å². The third kappa shape index (κ3) is 3.78. The molecule has 0 aliphatic carbocycles. The van der Waals surface area contributed by atoms with Gasteiger partial charge >= 0.3 is 0 Å². The zero-order valence-electron chi connectivity index (χ0n) is 17.5. The van der Waals surface area contributed by atoms with E-state index in [0.29, 0.717) is 5.95 Å². The van der Waals surface area contributed by atoms with Gasteiger partial charge in [0.05, 0.1) is 17.1 Å². The molecule has 31 heavy (non-hydrogen) atoms. The van der Waals surface area contributed by atoms with Gasteiger partial charge in [-0.2, -0.15) is 4.98 Å². The van der Waals surface area contributed by atoms with Gasteiger partial charge in [-0.1, -0.05) is 60.7 Å². The zero-order chi connectivity index (χ0) is 21.2. The largest absolute Gasteiger partial charge is 0.348 e. The number of hydrogen-bond acceptors (Lipinski definition) is 4. The zero-order valence-corrected chi connectivity index (χ0v) is 17.5. The maximum absolute atomic E-state index is 4.75. The Bertz CT molecular complexity index is 1340. The molecule has 0 saturated carbocycles. The molecule has 0 amide bonds. The van der Waals surface area contributed by atoms with E-state index in [1.165, 1.54) is 16.7 Å². The fourth-order valence-electron chi connectivity index (χ4n) is 3.83. The van der Waals surface area contributed by atoms with Crippen LogP contribution >= 0.6 is 0 Å². The predicted octanol–water partition coefficient (Wildman–Crippen LogP) is 5.96. The van der Waals surface area contributed by atoms with Crippen LogP contribution in [0.2, 0.25) is 0 Å². The number of nitrogens with zero attached hydrogens (tertiary/aromatic N) is 4. The number of rotatable bonds is 5. The lowest BCUT2D eigenvalue weighted by atomic mass is 10.0. The highest BCUT2D eigenvalue weighted by Gasteiger charge is 2.11. The summed E-state index contributed by atoms with van der Waals surface area (Å²) in [5.41, 5.74) is 6.77. The molecule has 0 saturated heterocycles. The number of benzene rings is 3. The van der Waals surface area contributed by atoms with Gasteiger partial charge < -0.3 is 5.32 Å². The van der Waals surface area contributed by atoms with Crippen LogP contribution in [-0.4, -0.2) is 19.5 Å². The molecule has 3 aromatic carbocycles. The maximum atomic E-state index is 4.75. The van der Waals surface area contributed by atoms with Crippen molar-refractivity contribution in [2.45, 2.75) is 19.9 Å². The molecule has 0 aliphatic heterocycles. The van der Waals surface area contributed by atoms with Crippen molar-refractivity contribution in [3.05, 3.63) is 103 Å². The minimum Gasteiger partial charge on any atom is -0.348 e. The third-order valence-electron chi connectivity index (χ3n) is 5.54. The average molecular weight is 406 g/mol. The second-order valence-electron chi connectivity index (χ2n) is 7.65. The highest BCUT2D eigenvalue weighted by atomic mass is 15.2. The normalized spacial score (nSPS) is 12.1. The molecule has 5 aromatic rings. The van der Waals surface area contributed by atoms with Crippen LogP contribution in [0.15, 0.2) is 91.4 Å². The lowest BCUT2D eigenvalue weighted by molar-refractivity contribution is 0.854. The smallest absolute Gasteiger partial charge is 0.225 e. The van der Waals surface area contributed by atoms with Crippen LogP contribution in [0.3, 0.4) is 0 Å². The van der Waals surface area contributed by atoms with E-state index in [1.54, 1.807) is 6.20 Å². The molecule has 1 N–H and O–H groups in total. The summed E-state index contributed by atoms with van der Waals surface area (Å²) in [7, 11) is 0. The van der Waals surface area contributed by atoms with Gasteiger partial charge in [0.25, 0.3) is 0 Å². The van der Waals surface area contributed by atoms with Crippen LogP contribution < -0.4 is 5.32 Å². The minimum absolute atomic E-state index is 0.101. The molecule has 1 unspecified atom stereocenters. The summed E-state index contributed by atoms with van der Waals surface area (Å²) in [6.45, 7) is 4.24. The van der Waals surface area contributed by atoms with Crippen molar-refractivity contribution in [1.82, 2.24) is 19.5 Å². The first-order valence-corrected chi connectivity index (χ1v) is 10.4. The standard InChI is InChI=1S/C26H23N5/c1-18-8-6-7-11-22(18)21-12-13-23-24(16-21)31(17-28-23)25-14-15-27-26(30-25)29-19(2)20-9-4-3-5-10-20/h3-17,19H,1-2H3,(H,27,29,30). The number of hydrogen-bond donors (Lipinski definition) is 1. The van der Waals surface area contributed by atoms with Gasteiger partial charge in [-0.05, 0) is 54.3 Å². The molecule has 0 radical (unpaired) electrons. The molecule has 1 atom stereocenters. The molecule has 5 heteroatoms. The topological polar surface area (TPSA) is 55.6 Å². The van der Waals surface area contributed by atoms with Crippen molar-refractivity contribution in [3.63, 3.8) is 0 Å². The highest BCUT2D eigenvalue weighted by Crippen LogP contribution is 2.28. The summed E-state index contributed by atoms with van der Waals surface area (Å²) in [4.78, 5) is 13.7. The van der Waals surface area contributed by atoms with Gasteiger partial charge in [0.1, 0.15) is 12.1 Å². The van der Waals surface area contributed by atoms with Crippen molar-refractivity contribution in [3.8, 4) is 16.9 Å². The molecule has 2 heterocycles. The van der Waals surface area contributed by atoms with Crippen molar-refractivity contribution in [2.24, 2.45) is 0 Å². The SMILES string of the molecule is Cc1ccccc1-c1ccc2ncn(-c3ccnc(NC(C)c4ccccc4)n3)c2c1. The van der Waals surface area contributed by atoms with Crippen LogP contribution in [0.1, 0.15) is 24.1 Å². The fourth-order valence-corrected chi connectivity index (χ4v) is 3.83. The van der Waals surface area contributed by atoms with E-state index in [2.05, 4.69) is 83.7 Å². The Balaban J connectivity index is 1.50. The molecule has 0 aliphatic rings. The summed E-state index contributed by atoms with van der Waals surface area (Å²) in [6.07, 6.45) is 3.60. The van der Waals surface area contributed by atoms with Crippen LogP contribution in [0, 0.1) is 6.92 Å². The lowest BCUT2D eigenvalue weighted by Gasteiger charge is -2.15. The summed E-state index contributed by atoms with van der Waals surface area (Å²) in [5, 5.41) is 3.40. The monoisotopic (exact) mass is 405 g/mol. The van der Waals surface area contributed by atoms with Gasteiger partial charge in [-0.3, -0.25) is 4.57 Å². The Labute approximate surface area is 181 Å². The van der Waals surface area contributed by atoms with Crippen LogP contribution in [0.25, 0.3) is 28.0 Å². The van der Waals surface area contributed by atoms with E-state index < -0.39 is 0 Å². The number of nitrogens with one attached hydrogen (secondary N) is 1. The molecule has 5 rings (SSSR count). The number of aryl methyl sites for hydroxylation is 1. The van der Waals surface area contributed by atoms with Crippen molar-refractivity contribution in [1.29, 1.82) is 0 Å². The quantitative estimate of drug-likeness (QED) is 0.392. The first kappa shape index (κ1) is 19.0. The number of fused-ring (bicyclic) bond motifs is 1. The van der Waals surface area contributed by atoms with Gasteiger partial charge in [-0.15, -0.1) is 0 Å². The molecule has 0 bridgehead atoms. The first-order chi connectivity index (χ1) is 15.2. The molecule has 5 nitrogen and oxygen atoms in total. The molecular weight excluding hydrogens is 382 g/mol. The van der Waals surface area contributed by atoms with Crippen molar-refractivity contribution < 1.29 is 0 Å². The molecule has 0 fully saturated rings. The second kappa shape index (κ2) is 8.03. The average Bonchev–Trinajstić information content (AvgIpc) is 3.23.